The Hall–Kier alpha value is -2.97. The summed E-state index contributed by atoms with van der Waals surface area (Å²) < 4.78 is 12.6. The number of carbonyl (C=O) groups is 2. The molecule has 1 aromatic heterocycles. The number of aromatic amines is 1. The lowest BCUT2D eigenvalue weighted by atomic mass is 9.74. The molecule has 0 saturated heterocycles. The molecule has 2 aromatic rings. The molecule has 176 valence electrons. The van der Waals surface area contributed by atoms with E-state index in [0.717, 1.165) is 16.9 Å². The van der Waals surface area contributed by atoms with Crippen molar-refractivity contribution in [3.05, 3.63) is 28.9 Å². The van der Waals surface area contributed by atoms with Crippen LogP contribution >= 0.6 is 0 Å². The van der Waals surface area contributed by atoms with E-state index >= 15 is 0 Å². The van der Waals surface area contributed by atoms with Crippen molar-refractivity contribution in [1.82, 2.24) is 10.3 Å². The van der Waals surface area contributed by atoms with Gasteiger partial charge in [-0.25, -0.2) is 19.1 Å². The number of nitroso groups, excluding NO2 is 1. The molecule has 2 atom stereocenters. The third-order valence-electron chi connectivity index (χ3n) is 5.65. The van der Waals surface area contributed by atoms with E-state index in [2.05, 4.69) is 22.4 Å². The summed E-state index contributed by atoms with van der Waals surface area (Å²) in [6.07, 6.45) is -0.327. The van der Waals surface area contributed by atoms with Crippen LogP contribution in [0.3, 0.4) is 0 Å². The topological polar surface area (TPSA) is 114 Å². The molecular weight excluding hydrogens is 412 g/mol. The Labute approximate surface area is 188 Å². The first-order chi connectivity index (χ1) is 14.8. The minimum absolute atomic E-state index is 0.0371. The van der Waals surface area contributed by atoms with Gasteiger partial charge in [0, 0.05) is 6.07 Å². The maximum atomic E-state index is 12.6. The van der Waals surface area contributed by atoms with Crippen molar-refractivity contribution in [2.75, 3.05) is 6.61 Å². The largest absolute Gasteiger partial charge is 0.464 e. The zero-order valence-electron chi connectivity index (χ0n) is 20.2. The van der Waals surface area contributed by atoms with E-state index in [1.807, 2.05) is 31.5 Å². The minimum Gasteiger partial charge on any atom is -0.464 e. The van der Waals surface area contributed by atoms with E-state index in [1.54, 1.807) is 39.8 Å². The zero-order chi connectivity index (χ0) is 24.3. The van der Waals surface area contributed by atoms with Crippen molar-refractivity contribution in [2.24, 2.45) is 17.6 Å². The fourth-order valence-corrected chi connectivity index (χ4v) is 3.68. The van der Waals surface area contributed by atoms with Gasteiger partial charge in [0.05, 0.1) is 19.6 Å². The Morgan fingerprint density at radius 2 is 1.88 bits per heavy atom. The number of rotatable bonds is 8. The number of carbonyl (C=O) groups excluding carboxylic acids is 2. The number of imidazole rings is 1. The van der Waals surface area contributed by atoms with Crippen molar-refractivity contribution in [2.45, 2.75) is 72.4 Å². The molecule has 1 amide bonds. The van der Waals surface area contributed by atoms with Gasteiger partial charge in [-0.1, -0.05) is 20.8 Å². The van der Waals surface area contributed by atoms with Crippen LogP contribution in [0.15, 0.2) is 23.4 Å². The molecule has 2 N–H and O–H groups in total. The number of aromatic nitrogens is 2. The summed E-state index contributed by atoms with van der Waals surface area (Å²) in [6.45, 7) is 13.3. The average Bonchev–Trinajstić information content (AvgIpc) is 3.01. The number of hydrogen-bond donors (Lipinski definition) is 2. The van der Waals surface area contributed by atoms with Crippen LogP contribution in [0, 0.1) is 10.3 Å². The summed E-state index contributed by atoms with van der Waals surface area (Å²) in [5, 5.41) is 5.68. The van der Waals surface area contributed by atoms with E-state index in [-0.39, 0.29) is 12.5 Å². The predicted octanol–water partition coefficient (Wildman–Crippen LogP) is 4.37. The van der Waals surface area contributed by atoms with Gasteiger partial charge in [-0.15, -0.1) is 4.91 Å². The Kier molecular flexibility index (Phi) is 7.64. The molecule has 0 aliphatic heterocycles. The number of hydrogen-bond acceptors (Lipinski definition) is 6. The lowest BCUT2D eigenvalue weighted by Gasteiger charge is -2.33. The Morgan fingerprint density at radius 1 is 1.22 bits per heavy atom. The Balaban J connectivity index is 2.30. The van der Waals surface area contributed by atoms with Crippen LogP contribution < -0.4 is 9.88 Å². The summed E-state index contributed by atoms with van der Waals surface area (Å²) in [5.74, 6) is 0.388. The van der Waals surface area contributed by atoms with E-state index < -0.39 is 29.1 Å². The molecule has 1 aromatic carbocycles. The van der Waals surface area contributed by atoms with Crippen LogP contribution in [0.25, 0.3) is 11.0 Å². The number of ether oxygens (including phenoxy) is 2. The van der Waals surface area contributed by atoms with Gasteiger partial charge in [0.15, 0.2) is 11.0 Å². The van der Waals surface area contributed by atoms with Gasteiger partial charge in [0.1, 0.15) is 17.3 Å². The maximum absolute atomic E-state index is 12.6. The number of H-pyrrole nitrogens is 1. The van der Waals surface area contributed by atoms with Crippen LogP contribution in [0.5, 0.6) is 0 Å². The number of nitrogens with one attached hydrogen (secondary N) is 2. The highest BCUT2D eigenvalue weighted by Gasteiger charge is 2.39. The number of fused-ring (bicyclic) bond motifs is 1. The molecule has 0 spiro atoms. The quantitative estimate of drug-likeness (QED) is 0.354. The van der Waals surface area contributed by atoms with Gasteiger partial charge in [0.25, 0.3) is 5.82 Å². The number of amides is 1. The molecule has 0 aliphatic carbocycles. The molecular formula is C23H35N4O5+. The highest BCUT2D eigenvalue weighted by molar-refractivity contribution is 5.81. The second-order valence-electron chi connectivity index (χ2n) is 9.73. The highest BCUT2D eigenvalue weighted by Crippen LogP contribution is 2.38. The number of alkyl carbamates (subject to hydrolysis) is 1. The number of benzene rings is 1. The monoisotopic (exact) mass is 447 g/mol. The smallest absolute Gasteiger partial charge is 0.408 e. The third kappa shape index (κ3) is 6.05. The standard InChI is InChI=1S/C23H34N4O5/c1-9-31-20(28)17(25-21(29)32-22(3,4)5)13-23(6,7)14(2)19-24-16-12-15(26-30)10-11-18(16)27(19)8/h10-12,14,17H,9,13H2,1-8H3,(H,25,29)/p+1/t14?,17-/m0/s1. The fraction of sp³-hybridized carbons (Fsp3) is 0.609. The first-order valence-corrected chi connectivity index (χ1v) is 10.8. The van der Waals surface area contributed by atoms with Crippen LogP contribution in [-0.4, -0.2) is 35.3 Å². The number of esters is 1. The zero-order valence-corrected chi connectivity index (χ0v) is 20.2. The van der Waals surface area contributed by atoms with Gasteiger partial charge >= 0.3 is 12.1 Å². The Morgan fingerprint density at radius 3 is 2.44 bits per heavy atom. The highest BCUT2D eigenvalue weighted by atomic mass is 16.6. The summed E-state index contributed by atoms with van der Waals surface area (Å²) in [7, 11) is 1.94. The van der Waals surface area contributed by atoms with Crippen molar-refractivity contribution in [1.29, 1.82) is 0 Å². The first kappa shape index (κ1) is 25.3. The summed E-state index contributed by atoms with van der Waals surface area (Å²) >= 11 is 0. The van der Waals surface area contributed by atoms with Crippen molar-refractivity contribution in [3.8, 4) is 0 Å². The van der Waals surface area contributed by atoms with Gasteiger partial charge < -0.3 is 14.8 Å². The molecule has 0 radical (unpaired) electrons. The SMILES string of the molecule is CCOC(=O)[C@H](CC(C)(C)C(C)c1[nH]c2cc(N=O)ccc2[n+]1C)NC(=O)OC(C)(C)C. The lowest BCUT2D eigenvalue weighted by Crippen LogP contribution is -2.47. The molecule has 0 saturated carbocycles. The first-order valence-electron chi connectivity index (χ1n) is 10.8. The van der Waals surface area contributed by atoms with Gasteiger partial charge in [-0.2, -0.15) is 0 Å². The van der Waals surface area contributed by atoms with Crippen molar-refractivity contribution >= 4 is 28.8 Å². The maximum Gasteiger partial charge on any atom is 0.408 e. The van der Waals surface area contributed by atoms with E-state index in [1.165, 1.54) is 0 Å². The normalized spacial score (nSPS) is 14.0. The van der Waals surface area contributed by atoms with E-state index in [4.69, 9.17) is 9.47 Å². The molecule has 32 heavy (non-hydrogen) atoms. The second-order valence-corrected chi connectivity index (χ2v) is 9.73. The van der Waals surface area contributed by atoms with E-state index in [0.29, 0.717) is 12.1 Å². The van der Waals surface area contributed by atoms with Crippen LogP contribution in [0.2, 0.25) is 0 Å². The third-order valence-corrected chi connectivity index (χ3v) is 5.65. The van der Waals surface area contributed by atoms with Crippen molar-refractivity contribution in [3.63, 3.8) is 0 Å². The molecule has 0 aliphatic rings. The second kappa shape index (κ2) is 9.67. The van der Waals surface area contributed by atoms with Gasteiger partial charge in [0.2, 0.25) is 0 Å². The molecule has 1 unspecified atom stereocenters. The van der Waals surface area contributed by atoms with Crippen LogP contribution in [0.1, 0.15) is 66.6 Å². The number of aryl methyl sites for hydroxylation is 1. The molecule has 9 heteroatoms. The van der Waals surface area contributed by atoms with Crippen molar-refractivity contribution < 1.29 is 23.6 Å². The molecule has 9 nitrogen and oxygen atoms in total. The van der Waals surface area contributed by atoms with Crippen LogP contribution in [0.4, 0.5) is 10.5 Å². The predicted molar refractivity (Wildman–Crippen MR) is 122 cm³/mol. The molecule has 2 rings (SSSR count). The number of nitrogens with zero attached hydrogens (tertiary/aromatic N) is 2. The molecule has 0 bridgehead atoms. The van der Waals surface area contributed by atoms with Crippen LogP contribution in [-0.2, 0) is 21.3 Å². The average molecular weight is 448 g/mol. The van der Waals surface area contributed by atoms with E-state index in [9.17, 15) is 14.5 Å². The van der Waals surface area contributed by atoms with Gasteiger partial charge in [-0.3, -0.25) is 0 Å². The lowest BCUT2D eigenvalue weighted by molar-refractivity contribution is -0.655. The molecule has 0 fully saturated rings. The minimum atomic E-state index is -0.859. The summed E-state index contributed by atoms with van der Waals surface area (Å²) in [4.78, 5) is 39.2. The molecule has 1 heterocycles. The fourth-order valence-electron chi connectivity index (χ4n) is 3.68. The Bertz CT molecular complexity index is 990. The summed E-state index contributed by atoms with van der Waals surface area (Å²) in [5.41, 5.74) is 0.984. The summed E-state index contributed by atoms with van der Waals surface area (Å²) in [6, 6.07) is 4.36. The van der Waals surface area contributed by atoms with Gasteiger partial charge in [-0.05, 0) is 56.8 Å².